The van der Waals surface area contributed by atoms with Crippen molar-refractivity contribution in [2.24, 2.45) is 5.92 Å². The van der Waals surface area contributed by atoms with Crippen molar-refractivity contribution < 1.29 is 5.11 Å². The van der Waals surface area contributed by atoms with E-state index in [1.54, 1.807) is 0 Å². The summed E-state index contributed by atoms with van der Waals surface area (Å²) in [6, 6.07) is 0.400. The van der Waals surface area contributed by atoms with E-state index in [4.69, 9.17) is 5.11 Å². The van der Waals surface area contributed by atoms with Gasteiger partial charge in [-0.1, -0.05) is 13.8 Å². The second-order valence-corrected chi connectivity index (χ2v) is 3.74. The van der Waals surface area contributed by atoms with Crippen LogP contribution in [0.25, 0.3) is 0 Å². The molecule has 0 aromatic rings. The molecule has 1 atom stereocenters. The van der Waals surface area contributed by atoms with Gasteiger partial charge in [-0.25, -0.2) is 0 Å². The molecule has 2 heteroatoms. The van der Waals surface area contributed by atoms with E-state index in [0.29, 0.717) is 18.6 Å². The maximum absolute atomic E-state index is 9.12. The number of hydrogen-bond donors (Lipinski definition) is 1. The van der Waals surface area contributed by atoms with E-state index in [0.717, 1.165) is 0 Å². The lowest BCUT2D eigenvalue weighted by Crippen LogP contribution is -2.39. The van der Waals surface area contributed by atoms with Gasteiger partial charge in [0.2, 0.25) is 0 Å². The minimum atomic E-state index is 0.317. The van der Waals surface area contributed by atoms with Gasteiger partial charge in [-0.05, 0) is 31.8 Å². The number of aliphatic hydroxyl groups is 1. The lowest BCUT2D eigenvalue weighted by Gasteiger charge is -2.28. The molecular weight excluding hydrogens is 138 g/mol. The van der Waals surface area contributed by atoms with Crippen LogP contribution in [-0.2, 0) is 0 Å². The number of aliphatic hydroxyl groups excluding tert-OH is 1. The summed E-state index contributed by atoms with van der Waals surface area (Å²) >= 11 is 0. The summed E-state index contributed by atoms with van der Waals surface area (Å²) in [6.45, 7) is 7.04. The van der Waals surface area contributed by atoms with Crippen LogP contribution in [0.3, 0.4) is 0 Å². The monoisotopic (exact) mass is 157 g/mol. The van der Waals surface area contributed by atoms with Gasteiger partial charge in [-0.3, -0.25) is 4.90 Å². The molecule has 1 rings (SSSR count). The van der Waals surface area contributed by atoms with Gasteiger partial charge in [-0.2, -0.15) is 0 Å². The lowest BCUT2D eigenvalue weighted by atomic mass is 10.0. The lowest BCUT2D eigenvalue weighted by molar-refractivity contribution is 0.112. The zero-order valence-electron chi connectivity index (χ0n) is 7.58. The molecule has 1 saturated heterocycles. The normalized spacial score (nSPS) is 22.9. The standard InChI is InChI=1S/C9H19NO/c1-8(2)9(7-11)10-5-3-4-6-10/h8-9,11H,3-7H2,1-2H3/t9-/m1/s1. The molecule has 1 aliphatic rings. The van der Waals surface area contributed by atoms with Crippen molar-refractivity contribution in [1.29, 1.82) is 0 Å². The van der Waals surface area contributed by atoms with Crippen LogP contribution in [0, 0.1) is 5.92 Å². The predicted molar refractivity (Wildman–Crippen MR) is 46.5 cm³/mol. The van der Waals surface area contributed by atoms with Crippen molar-refractivity contribution >= 4 is 0 Å². The second kappa shape index (κ2) is 4.07. The first-order chi connectivity index (χ1) is 5.25. The zero-order chi connectivity index (χ0) is 8.27. The molecule has 0 spiro atoms. The summed E-state index contributed by atoms with van der Waals surface area (Å²) in [7, 11) is 0. The van der Waals surface area contributed by atoms with Crippen LogP contribution in [0.4, 0.5) is 0 Å². The Morgan fingerprint density at radius 2 is 1.82 bits per heavy atom. The maximum Gasteiger partial charge on any atom is 0.0589 e. The Morgan fingerprint density at radius 1 is 1.27 bits per heavy atom. The third kappa shape index (κ3) is 2.17. The fourth-order valence-corrected chi connectivity index (χ4v) is 1.82. The summed E-state index contributed by atoms with van der Waals surface area (Å²) in [5.74, 6) is 0.582. The largest absolute Gasteiger partial charge is 0.395 e. The highest BCUT2D eigenvalue weighted by atomic mass is 16.3. The molecule has 0 aliphatic carbocycles. The van der Waals surface area contributed by atoms with Gasteiger partial charge in [0.15, 0.2) is 0 Å². The van der Waals surface area contributed by atoms with Crippen LogP contribution < -0.4 is 0 Å². The Bertz CT molecular complexity index is 108. The summed E-state index contributed by atoms with van der Waals surface area (Å²) in [5.41, 5.74) is 0. The van der Waals surface area contributed by atoms with Gasteiger partial charge >= 0.3 is 0 Å². The van der Waals surface area contributed by atoms with Crippen molar-refractivity contribution in [2.75, 3.05) is 19.7 Å². The number of nitrogens with zero attached hydrogens (tertiary/aromatic N) is 1. The van der Waals surface area contributed by atoms with Crippen molar-refractivity contribution in [3.8, 4) is 0 Å². The minimum Gasteiger partial charge on any atom is -0.395 e. The summed E-state index contributed by atoms with van der Waals surface area (Å²) in [5, 5.41) is 9.12. The smallest absolute Gasteiger partial charge is 0.0589 e. The topological polar surface area (TPSA) is 23.5 Å². The van der Waals surface area contributed by atoms with Gasteiger partial charge in [0.25, 0.3) is 0 Å². The van der Waals surface area contributed by atoms with Gasteiger partial charge in [-0.15, -0.1) is 0 Å². The fraction of sp³-hybridized carbons (Fsp3) is 1.00. The quantitative estimate of drug-likeness (QED) is 0.663. The van der Waals surface area contributed by atoms with E-state index in [2.05, 4.69) is 18.7 Å². The number of likely N-dealkylation sites (tertiary alicyclic amines) is 1. The molecule has 1 N–H and O–H groups in total. The van der Waals surface area contributed by atoms with Crippen LogP contribution in [0.5, 0.6) is 0 Å². The second-order valence-electron chi connectivity index (χ2n) is 3.74. The molecule has 0 radical (unpaired) electrons. The summed E-state index contributed by atoms with van der Waals surface area (Å²) in [6.07, 6.45) is 2.62. The highest BCUT2D eigenvalue weighted by Crippen LogP contribution is 2.16. The van der Waals surface area contributed by atoms with Crippen molar-refractivity contribution in [1.82, 2.24) is 4.90 Å². The molecule has 0 unspecified atom stereocenters. The van der Waals surface area contributed by atoms with Gasteiger partial charge in [0, 0.05) is 6.04 Å². The van der Waals surface area contributed by atoms with Gasteiger partial charge in [0.05, 0.1) is 6.61 Å². The van der Waals surface area contributed by atoms with E-state index in [1.165, 1.54) is 25.9 Å². The van der Waals surface area contributed by atoms with Gasteiger partial charge < -0.3 is 5.11 Å². The molecule has 0 saturated carbocycles. The molecule has 2 nitrogen and oxygen atoms in total. The third-order valence-electron chi connectivity index (χ3n) is 2.57. The highest BCUT2D eigenvalue weighted by Gasteiger charge is 2.23. The van der Waals surface area contributed by atoms with E-state index < -0.39 is 0 Å². The van der Waals surface area contributed by atoms with Crippen LogP contribution in [0.1, 0.15) is 26.7 Å². The molecule has 1 heterocycles. The molecule has 66 valence electrons. The average molecular weight is 157 g/mol. The summed E-state index contributed by atoms with van der Waals surface area (Å²) < 4.78 is 0. The Morgan fingerprint density at radius 3 is 2.18 bits per heavy atom. The fourth-order valence-electron chi connectivity index (χ4n) is 1.82. The van der Waals surface area contributed by atoms with Crippen LogP contribution in [0.15, 0.2) is 0 Å². The first-order valence-electron chi connectivity index (χ1n) is 4.60. The Balaban J connectivity index is 2.40. The predicted octanol–water partition coefficient (Wildman–Crippen LogP) is 1.10. The average Bonchev–Trinajstić information content (AvgIpc) is 2.40. The molecule has 1 fully saturated rings. The molecule has 0 aromatic carbocycles. The van der Waals surface area contributed by atoms with E-state index >= 15 is 0 Å². The van der Waals surface area contributed by atoms with Crippen molar-refractivity contribution in [3.63, 3.8) is 0 Å². The van der Waals surface area contributed by atoms with Crippen LogP contribution in [-0.4, -0.2) is 35.7 Å². The molecule has 0 amide bonds. The Hall–Kier alpha value is -0.0800. The molecule has 11 heavy (non-hydrogen) atoms. The van der Waals surface area contributed by atoms with Crippen LogP contribution in [0.2, 0.25) is 0 Å². The Labute approximate surface area is 69.2 Å². The maximum atomic E-state index is 9.12. The van der Waals surface area contributed by atoms with Crippen LogP contribution >= 0.6 is 0 Å². The molecule has 0 bridgehead atoms. The summed E-state index contributed by atoms with van der Waals surface area (Å²) in [4.78, 5) is 2.41. The minimum absolute atomic E-state index is 0.317. The first kappa shape index (κ1) is 9.01. The van der Waals surface area contributed by atoms with E-state index in [1.807, 2.05) is 0 Å². The first-order valence-corrected chi connectivity index (χ1v) is 4.60. The number of rotatable bonds is 3. The third-order valence-corrected chi connectivity index (χ3v) is 2.57. The Kier molecular flexibility index (Phi) is 3.34. The molecule has 1 aliphatic heterocycles. The van der Waals surface area contributed by atoms with Gasteiger partial charge in [0.1, 0.15) is 0 Å². The zero-order valence-corrected chi connectivity index (χ0v) is 7.58. The van der Waals surface area contributed by atoms with E-state index in [-0.39, 0.29) is 0 Å². The van der Waals surface area contributed by atoms with Crippen molar-refractivity contribution in [2.45, 2.75) is 32.7 Å². The number of hydrogen-bond acceptors (Lipinski definition) is 2. The molecule has 0 aromatic heterocycles. The SMILES string of the molecule is CC(C)[C@@H](CO)N1CCCC1. The van der Waals surface area contributed by atoms with Crippen molar-refractivity contribution in [3.05, 3.63) is 0 Å². The molecular formula is C9H19NO. The highest BCUT2D eigenvalue weighted by molar-refractivity contribution is 4.77. The van der Waals surface area contributed by atoms with E-state index in [9.17, 15) is 0 Å².